The number of methoxy groups -OCH3 is 1. The fraction of sp³-hybridized carbons (Fsp3) is 0.750. The van der Waals surface area contributed by atoms with Gasteiger partial charge in [-0.3, -0.25) is 9.59 Å². The SMILES string of the molecule is COC(=O)[C@@H](OC(=O)[C@@H]1CCC(=O)NC1)C(C)C. The third-order valence-electron chi connectivity index (χ3n) is 2.88. The van der Waals surface area contributed by atoms with Gasteiger partial charge in [-0.15, -0.1) is 0 Å². The van der Waals surface area contributed by atoms with Crippen molar-refractivity contribution in [2.24, 2.45) is 11.8 Å². The van der Waals surface area contributed by atoms with Crippen LogP contribution in [0.2, 0.25) is 0 Å². The number of hydrogen-bond donors (Lipinski definition) is 1. The monoisotopic (exact) mass is 257 g/mol. The lowest BCUT2D eigenvalue weighted by atomic mass is 9.99. The molecule has 2 atom stereocenters. The van der Waals surface area contributed by atoms with E-state index in [1.165, 1.54) is 7.11 Å². The fourth-order valence-electron chi connectivity index (χ4n) is 1.73. The van der Waals surface area contributed by atoms with Crippen molar-refractivity contribution >= 4 is 17.8 Å². The van der Waals surface area contributed by atoms with Crippen LogP contribution < -0.4 is 5.32 Å². The highest BCUT2D eigenvalue weighted by Gasteiger charge is 2.32. The molecule has 1 amide bonds. The van der Waals surface area contributed by atoms with Gasteiger partial charge in [0.15, 0.2) is 0 Å². The van der Waals surface area contributed by atoms with Gasteiger partial charge in [0.1, 0.15) is 0 Å². The van der Waals surface area contributed by atoms with Crippen LogP contribution >= 0.6 is 0 Å². The fourth-order valence-corrected chi connectivity index (χ4v) is 1.73. The topological polar surface area (TPSA) is 81.7 Å². The Morgan fingerprint density at radius 1 is 1.39 bits per heavy atom. The predicted octanol–water partition coefficient (Wildman–Crippen LogP) is 0.253. The summed E-state index contributed by atoms with van der Waals surface area (Å²) in [5.41, 5.74) is 0. The minimum atomic E-state index is -0.889. The number of nitrogens with one attached hydrogen (secondary N) is 1. The summed E-state index contributed by atoms with van der Waals surface area (Å²) in [4.78, 5) is 34.3. The van der Waals surface area contributed by atoms with Crippen molar-refractivity contribution in [1.82, 2.24) is 5.32 Å². The summed E-state index contributed by atoms with van der Waals surface area (Å²) in [5, 5.41) is 2.60. The van der Waals surface area contributed by atoms with Gasteiger partial charge in [0.2, 0.25) is 12.0 Å². The highest BCUT2D eigenvalue weighted by Crippen LogP contribution is 2.16. The number of esters is 2. The van der Waals surface area contributed by atoms with E-state index in [0.29, 0.717) is 12.8 Å². The van der Waals surface area contributed by atoms with Gasteiger partial charge in [0.25, 0.3) is 0 Å². The maximum atomic E-state index is 11.9. The van der Waals surface area contributed by atoms with Gasteiger partial charge < -0.3 is 14.8 Å². The molecule has 0 aromatic carbocycles. The van der Waals surface area contributed by atoms with Crippen LogP contribution in [-0.2, 0) is 23.9 Å². The van der Waals surface area contributed by atoms with Crippen molar-refractivity contribution in [3.63, 3.8) is 0 Å². The second kappa shape index (κ2) is 6.37. The molecule has 1 heterocycles. The molecule has 1 rings (SSSR count). The Morgan fingerprint density at radius 2 is 2.06 bits per heavy atom. The van der Waals surface area contributed by atoms with E-state index in [0.717, 1.165) is 0 Å². The second-order valence-corrected chi connectivity index (χ2v) is 4.66. The molecule has 1 saturated heterocycles. The Kier molecular flexibility index (Phi) is 5.12. The molecule has 0 radical (unpaired) electrons. The van der Waals surface area contributed by atoms with Crippen LogP contribution in [0.25, 0.3) is 0 Å². The number of ether oxygens (including phenoxy) is 2. The number of carbonyl (C=O) groups excluding carboxylic acids is 3. The van der Waals surface area contributed by atoms with Crippen LogP contribution in [0.5, 0.6) is 0 Å². The number of hydrogen-bond acceptors (Lipinski definition) is 5. The quantitative estimate of drug-likeness (QED) is 0.730. The first-order chi connectivity index (χ1) is 8.45. The summed E-state index contributed by atoms with van der Waals surface area (Å²) < 4.78 is 9.77. The molecule has 0 spiro atoms. The molecule has 1 fully saturated rings. The number of piperidine rings is 1. The average molecular weight is 257 g/mol. The molecule has 1 N–H and O–H groups in total. The van der Waals surface area contributed by atoms with Crippen LogP contribution in [0.15, 0.2) is 0 Å². The van der Waals surface area contributed by atoms with Gasteiger partial charge in [-0.05, 0) is 6.42 Å². The predicted molar refractivity (Wildman–Crippen MR) is 62.5 cm³/mol. The van der Waals surface area contributed by atoms with E-state index >= 15 is 0 Å². The zero-order chi connectivity index (χ0) is 13.7. The number of carbonyl (C=O) groups is 3. The molecule has 6 nitrogen and oxygen atoms in total. The Bertz CT molecular complexity index is 329. The standard InChI is InChI=1S/C12H19NO5/c1-7(2)10(12(16)17-3)18-11(15)8-4-5-9(14)13-6-8/h7-8,10H,4-6H2,1-3H3,(H,13,14)/t8-,10+/m1/s1. The molecule has 0 aliphatic carbocycles. The summed E-state index contributed by atoms with van der Waals surface area (Å²) in [6.07, 6.45) is -0.124. The number of amides is 1. The zero-order valence-electron chi connectivity index (χ0n) is 10.9. The van der Waals surface area contributed by atoms with Gasteiger partial charge >= 0.3 is 11.9 Å². The van der Waals surface area contributed by atoms with Gasteiger partial charge in [-0.25, -0.2) is 4.79 Å². The van der Waals surface area contributed by atoms with E-state index in [1.807, 2.05) is 0 Å². The van der Waals surface area contributed by atoms with Crippen molar-refractivity contribution < 1.29 is 23.9 Å². The minimum Gasteiger partial charge on any atom is -0.466 e. The summed E-state index contributed by atoms with van der Waals surface area (Å²) >= 11 is 0. The molecular weight excluding hydrogens is 238 g/mol. The molecule has 1 aliphatic heterocycles. The van der Waals surface area contributed by atoms with Crippen LogP contribution in [0.4, 0.5) is 0 Å². The lowest BCUT2D eigenvalue weighted by molar-refractivity contribution is -0.172. The molecule has 0 bridgehead atoms. The van der Waals surface area contributed by atoms with Gasteiger partial charge in [0.05, 0.1) is 13.0 Å². The number of rotatable bonds is 4. The molecule has 6 heteroatoms. The van der Waals surface area contributed by atoms with E-state index in [1.54, 1.807) is 13.8 Å². The smallest absolute Gasteiger partial charge is 0.347 e. The highest BCUT2D eigenvalue weighted by molar-refractivity contribution is 5.83. The minimum absolute atomic E-state index is 0.0626. The maximum absolute atomic E-state index is 11.9. The van der Waals surface area contributed by atoms with E-state index in [-0.39, 0.29) is 24.3 Å². The Balaban J connectivity index is 2.56. The first-order valence-electron chi connectivity index (χ1n) is 6.00. The van der Waals surface area contributed by atoms with Crippen molar-refractivity contribution in [3.05, 3.63) is 0 Å². The Labute approximate surface area is 106 Å². The molecule has 0 aromatic rings. The molecular formula is C12H19NO5. The lowest BCUT2D eigenvalue weighted by Gasteiger charge is -2.24. The zero-order valence-corrected chi connectivity index (χ0v) is 10.9. The van der Waals surface area contributed by atoms with E-state index in [4.69, 9.17) is 4.74 Å². The first kappa shape index (κ1) is 14.5. The second-order valence-electron chi connectivity index (χ2n) is 4.66. The maximum Gasteiger partial charge on any atom is 0.347 e. The molecule has 18 heavy (non-hydrogen) atoms. The van der Waals surface area contributed by atoms with Gasteiger partial charge in [-0.1, -0.05) is 13.8 Å². The van der Waals surface area contributed by atoms with Crippen molar-refractivity contribution in [2.45, 2.75) is 32.8 Å². The third-order valence-corrected chi connectivity index (χ3v) is 2.88. The normalized spacial score (nSPS) is 21.1. The van der Waals surface area contributed by atoms with Crippen LogP contribution in [0.1, 0.15) is 26.7 Å². The van der Waals surface area contributed by atoms with Crippen molar-refractivity contribution in [1.29, 1.82) is 0 Å². The molecule has 0 unspecified atom stereocenters. The molecule has 0 aromatic heterocycles. The summed E-state index contributed by atoms with van der Waals surface area (Å²) in [6, 6.07) is 0. The summed E-state index contributed by atoms with van der Waals surface area (Å²) in [7, 11) is 1.26. The first-order valence-corrected chi connectivity index (χ1v) is 6.00. The van der Waals surface area contributed by atoms with E-state index < -0.39 is 18.0 Å². The van der Waals surface area contributed by atoms with Crippen LogP contribution in [0, 0.1) is 11.8 Å². The molecule has 0 saturated carbocycles. The average Bonchev–Trinajstić information content (AvgIpc) is 2.35. The van der Waals surface area contributed by atoms with Gasteiger partial charge in [0, 0.05) is 18.9 Å². The summed E-state index contributed by atoms with van der Waals surface area (Å²) in [5.74, 6) is -1.61. The van der Waals surface area contributed by atoms with Crippen molar-refractivity contribution in [2.75, 3.05) is 13.7 Å². The van der Waals surface area contributed by atoms with Crippen LogP contribution in [0.3, 0.4) is 0 Å². The van der Waals surface area contributed by atoms with E-state index in [9.17, 15) is 14.4 Å². The lowest BCUT2D eigenvalue weighted by Crippen LogP contribution is -2.42. The van der Waals surface area contributed by atoms with Gasteiger partial charge in [-0.2, -0.15) is 0 Å². The largest absolute Gasteiger partial charge is 0.466 e. The van der Waals surface area contributed by atoms with Crippen molar-refractivity contribution in [3.8, 4) is 0 Å². The Morgan fingerprint density at radius 3 is 2.50 bits per heavy atom. The third kappa shape index (κ3) is 3.72. The van der Waals surface area contributed by atoms with Crippen LogP contribution in [-0.4, -0.2) is 37.6 Å². The summed E-state index contributed by atoms with van der Waals surface area (Å²) in [6.45, 7) is 3.82. The Hall–Kier alpha value is -1.59. The molecule has 1 aliphatic rings. The highest BCUT2D eigenvalue weighted by atomic mass is 16.6. The molecule has 102 valence electrons. The van der Waals surface area contributed by atoms with E-state index in [2.05, 4.69) is 10.1 Å².